The van der Waals surface area contributed by atoms with E-state index < -0.39 is 132 Å². The fraction of sp³-hybridized carbons (Fsp3) is 0.661. The largest absolute Gasteiger partial charge is 0.495 e. The summed E-state index contributed by atoms with van der Waals surface area (Å²) < 4.78 is 40.6. The first kappa shape index (κ1) is 73.4. The van der Waals surface area contributed by atoms with Gasteiger partial charge >= 0.3 is 24.1 Å². The van der Waals surface area contributed by atoms with E-state index in [1.165, 1.54) is 40.1 Å². The number of nitrogens with zero attached hydrogens (tertiary/aromatic N) is 2. The highest BCUT2D eigenvalue weighted by atomic mass is 35.5. The van der Waals surface area contributed by atoms with Crippen molar-refractivity contribution in [2.75, 3.05) is 72.7 Å². The molecular weight excluding hydrogens is 1170 g/mol. The van der Waals surface area contributed by atoms with E-state index in [4.69, 9.17) is 55.6 Å². The molecule has 492 valence electrons. The Bertz CT molecular complexity index is 2700. The molecule has 0 spiro atoms. The molecule has 11 atom stereocenters. The van der Waals surface area contributed by atoms with Gasteiger partial charge in [0.1, 0.15) is 58.9 Å². The van der Waals surface area contributed by atoms with Crippen LogP contribution < -0.4 is 47.3 Å². The van der Waals surface area contributed by atoms with E-state index in [9.17, 15) is 53.1 Å². The predicted octanol–water partition coefficient (Wildman–Crippen LogP) is 2.28. The molecule has 4 bridgehead atoms. The molecule has 28 nitrogen and oxygen atoms in total. The highest BCUT2D eigenvalue weighted by molar-refractivity contribution is 6.35. The second-order valence-electron chi connectivity index (χ2n) is 22.7. The summed E-state index contributed by atoms with van der Waals surface area (Å²) >= 11 is 6.85. The molecule has 10 N–H and O–H groups in total. The molecule has 0 aromatic heterocycles. The van der Waals surface area contributed by atoms with Crippen LogP contribution in [0.2, 0.25) is 5.02 Å². The summed E-state index contributed by atoms with van der Waals surface area (Å²) in [7, 11) is 5.65. The van der Waals surface area contributed by atoms with E-state index in [-0.39, 0.29) is 107 Å². The Morgan fingerprint density at radius 2 is 1.60 bits per heavy atom. The number of nitrogens with one attached hydrogen (secondary N) is 6. The Labute approximate surface area is 518 Å². The maximum Gasteiger partial charge on any atom is 0.409 e. The van der Waals surface area contributed by atoms with E-state index in [0.717, 1.165) is 16.0 Å². The van der Waals surface area contributed by atoms with Crippen LogP contribution in [0.3, 0.4) is 0 Å². The van der Waals surface area contributed by atoms with Gasteiger partial charge in [0.2, 0.25) is 35.4 Å². The van der Waals surface area contributed by atoms with Crippen molar-refractivity contribution in [1.29, 1.82) is 0 Å². The molecule has 0 unspecified atom stereocenters. The molecule has 9 amide bonds. The van der Waals surface area contributed by atoms with Crippen LogP contribution in [0.1, 0.15) is 112 Å². The summed E-state index contributed by atoms with van der Waals surface area (Å²) in [5, 5.41) is 36.6. The van der Waals surface area contributed by atoms with Crippen molar-refractivity contribution < 1.29 is 91.3 Å². The first-order chi connectivity index (χ1) is 41.5. The third-order valence-electron chi connectivity index (χ3n) is 15.5. The molecule has 1 aromatic rings. The van der Waals surface area contributed by atoms with Crippen molar-refractivity contribution in [3.05, 3.63) is 46.5 Å². The van der Waals surface area contributed by atoms with Crippen LogP contribution in [0, 0.1) is 11.8 Å². The third-order valence-corrected chi connectivity index (χ3v) is 15.9. The minimum absolute atomic E-state index is 0.0140. The molecule has 29 heteroatoms. The number of amides is 9. The van der Waals surface area contributed by atoms with Crippen LogP contribution >= 0.6 is 11.6 Å². The van der Waals surface area contributed by atoms with Crippen LogP contribution in [-0.4, -0.2) is 202 Å². The topological polar surface area (TPSA) is 384 Å². The van der Waals surface area contributed by atoms with Gasteiger partial charge in [-0.2, -0.15) is 0 Å². The maximum absolute atomic E-state index is 14.6. The molecule has 88 heavy (non-hydrogen) atoms. The molecule has 2 fully saturated rings. The van der Waals surface area contributed by atoms with Gasteiger partial charge in [-0.05, 0) is 76.5 Å². The molecule has 0 aliphatic carbocycles. The quantitative estimate of drug-likeness (QED) is 0.0303. The van der Waals surface area contributed by atoms with Crippen LogP contribution in [-0.2, 0) is 73.2 Å². The Kier molecular flexibility index (Phi) is 28.8. The Hall–Kier alpha value is -7.11. The average molecular weight is 1260 g/mol. The fourth-order valence-electron chi connectivity index (χ4n) is 10.1. The average Bonchev–Trinajstić information content (AvgIpc) is 2.00. The van der Waals surface area contributed by atoms with Crippen molar-refractivity contribution >= 4 is 76.8 Å². The lowest BCUT2D eigenvalue weighted by Crippen LogP contribution is -2.63. The number of halogens is 1. The van der Waals surface area contributed by atoms with E-state index >= 15 is 0 Å². The number of nitrogens with two attached hydrogens (primary N) is 1. The van der Waals surface area contributed by atoms with Gasteiger partial charge in [0.15, 0.2) is 5.72 Å². The maximum atomic E-state index is 14.6. The second kappa shape index (κ2) is 34.6. The van der Waals surface area contributed by atoms with Gasteiger partial charge in [0.05, 0.1) is 51.7 Å². The van der Waals surface area contributed by atoms with Crippen LogP contribution in [0.25, 0.3) is 0 Å². The summed E-state index contributed by atoms with van der Waals surface area (Å²) in [4.78, 5) is 134. The zero-order chi connectivity index (χ0) is 65.6. The summed E-state index contributed by atoms with van der Waals surface area (Å²) in [6.45, 7) is 12.0. The lowest BCUT2D eigenvalue weighted by Gasteiger charge is -2.42. The summed E-state index contributed by atoms with van der Waals surface area (Å²) in [5.74, 6) is -6.49. The van der Waals surface area contributed by atoms with Gasteiger partial charge in [-0.25, -0.2) is 14.4 Å². The number of methoxy groups -OCH3 is 2. The lowest BCUT2D eigenvalue weighted by atomic mass is 9.83. The van der Waals surface area contributed by atoms with E-state index in [0.29, 0.717) is 12.8 Å². The molecule has 0 radical (unpaired) electrons. The highest BCUT2D eigenvalue weighted by Crippen LogP contribution is 2.49. The number of anilines is 1. The number of carbonyl (C=O) groups excluding carboxylic acids is 9. The number of aliphatic hydroxyl groups is 1. The summed E-state index contributed by atoms with van der Waals surface area (Å²) in [5.41, 5.74) is 3.79. The number of rotatable bonds is 30. The van der Waals surface area contributed by atoms with Crippen molar-refractivity contribution in [3.8, 4) is 5.75 Å². The molecule has 3 aliphatic rings. The number of urea groups is 1. The molecule has 0 saturated carbocycles. The van der Waals surface area contributed by atoms with Gasteiger partial charge in [-0.1, -0.05) is 63.1 Å². The number of esters is 1. The fourth-order valence-corrected chi connectivity index (χ4v) is 10.5. The molecule has 4 rings (SSSR count). The molecular formula is C59H90ClN9O19. The normalized spacial score (nSPS) is 24.2. The molecule has 1 aromatic carbocycles. The third kappa shape index (κ3) is 21.6. The number of alkyl carbamates (subject to hydrolysis) is 1. The Morgan fingerprint density at radius 1 is 0.920 bits per heavy atom. The van der Waals surface area contributed by atoms with Gasteiger partial charge in [-0.15, -0.1) is 0 Å². The Balaban J connectivity index is 1.47. The van der Waals surface area contributed by atoms with Gasteiger partial charge in [-0.3, -0.25) is 38.9 Å². The number of allylic oxidation sites excluding steroid dienone is 3. The smallest absolute Gasteiger partial charge is 0.409 e. The van der Waals surface area contributed by atoms with Crippen LogP contribution in [0.4, 0.5) is 15.3 Å². The van der Waals surface area contributed by atoms with Crippen molar-refractivity contribution in [1.82, 2.24) is 36.8 Å². The number of hydrogen-bond donors (Lipinski definition) is 9. The first-order valence-corrected chi connectivity index (χ1v) is 29.8. The number of hydrogen-bond acceptors (Lipinski definition) is 18. The number of epoxide rings is 1. The summed E-state index contributed by atoms with van der Waals surface area (Å²) in [6.07, 6.45) is -0.0542. The number of carboxylic acids is 1. The van der Waals surface area contributed by atoms with Crippen molar-refractivity contribution in [2.45, 2.75) is 173 Å². The SMILES string of the molecule is CCCC(=O)N[C@@H](CCC(=O)O)C(=O)NCCOCCOCCC(=O)N[C@H](C(=O)N[C@@H](CCCNC(N)=O)C(=O)N(C)[C@@H](C)C(=O)O[C@H]1CC(=O)N(C)c2cc(cc(OC)c2Cl)C/C(C)=C/C=C/[C@@H](OC)[C@@]2(O)C[C@H](OC(=O)N2)[C@@H](C)[C@@H]2O[C@]12C)C(C)C. The number of carbonyl (C=O) groups is 10. The van der Waals surface area contributed by atoms with E-state index in [2.05, 4.69) is 31.9 Å². The number of ether oxygens (including phenoxy) is 7. The highest BCUT2D eigenvalue weighted by Gasteiger charge is 2.64. The van der Waals surface area contributed by atoms with Crippen molar-refractivity contribution in [3.63, 3.8) is 0 Å². The number of benzene rings is 1. The number of aliphatic carboxylic acids is 1. The van der Waals surface area contributed by atoms with Crippen LogP contribution in [0.5, 0.6) is 5.75 Å². The Morgan fingerprint density at radius 3 is 2.24 bits per heavy atom. The number of carboxylic acid groups (broad SMARTS) is 1. The van der Waals surface area contributed by atoms with Crippen molar-refractivity contribution in [2.24, 2.45) is 17.6 Å². The first-order valence-electron chi connectivity index (χ1n) is 29.4. The second-order valence-corrected chi connectivity index (χ2v) is 23.1. The van der Waals surface area contributed by atoms with Gasteiger partial charge in [0, 0.05) is 65.9 Å². The van der Waals surface area contributed by atoms with E-state index in [1.807, 2.05) is 13.0 Å². The molecule has 2 saturated heterocycles. The standard InChI is InChI=1S/C59H90ClN9O19/c1-12-15-45(70)64-38(19-20-48(73)74)52(75)62-23-25-85-27-26-84-24-21-46(71)66-50(33(2)3)53(76)65-39(17-14-22-63-56(61)79)54(77)68(8)36(6)55(78)87-44-31-47(72)69(9)40-29-37(30-41(82-10)49(40)60)28-34(4)16-13-18-43(83-11)59(81)32-42(86-57(80)67-59)35(5)51-58(44,7)88-51/h13,16,18,29-30,33,35-36,38-39,42-44,50-51,81H,12,14-15,17,19-28,31-32H2,1-11H3,(H,62,75)(H,64,70)(H,65,76)(H,66,71)(H,67,80)(H,73,74)(H3,61,63,79)/b18-13+,34-16+/t35-,36+,38+,39+,42+,43-,44+,50+,51+,58-,59+/m1/s1. The van der Waals surface area contributed by atoms with Gasteiger partial charge < -0.3 is 85.5 Å². The summed E-state index contributed by atoms with van der Waals surface area (Å²) in [6, 6.07) is -2.24. The molecule has 3 aliphatic heterocycles. The molecule has 3 heterocycles. The van der Waals surface area contributed by atoms with Crippen LogP contribution in [0.15, 0.2) is 35.9 Å². The van der Waals surface area contributed by atoms with Gasteiger partial charge in [0.25, 0.3) is 0 Å². The monoisotopic (exact) mass is 1260 g/mol. The van der Waals surface area contributed by atoms with E-state index in [1.54, 1.807) is 58.9 Å². The minimum atomic E-state index is -1.94. The lowest BCUT2D eigenvalue weighted by molar-refractivity contribution is -0.162. The minimum Gasteiger partial charge on any atom is -0.495 e. The zero-order valence-electron chi connectivity index (χ0n) is 52.2. The number of likely N-dealkylation sites (N-methyl/N-ethyl adjacent to an activating group) is 1. The number of fused-ring (bicyclic) bond motifs is 5. The predicted molar refractivity (Wildman–Crippen MR) is 319 cm³/mol. The zero-order valence-corrected chi connectivity index (χ0v) is 52.9. The number of primary amides is 1.